The van der Waals surface area contributed by atoms with Gasteiger partial charge in [-0.1, -0.05) is 78.3 Å². The van der Waals surface area contributed by atoms with E-state index >= 15 is 0 Å². The molecular weight excluding hydrogens is 559 g/mol. The maximum absolute atomic E-state index is 13.6. The molecule has 5 rings (SSSR count). The number of benzene rings is 3. The molecule has 2 aromatic heterocycles. The Balaban J connectivity index is 1.31. The van der Waals surface area contributed by atoms with Crippen molar-refractivity contribution in [2.75, 3.05) is 6.61 Å². The zero-order chi connectivity index (χ0) is 28.8. The number of alkyl halides is 3. The molecule has 0 aliphatic rings. The van der Waals surface area contributed by atoms with E-state index in [2.05, 4.69) is 5.10 Å². The summed E-state index contributed by atoms with van der Waals surface area (Å²) >= 11 is 1.09. The summed E-state index contributed by atoms with van der Waals surface area (Å²) in [6.07, 6.45) is -5.20. The first-order valence-corrected chi connectivity index (χ1v) is 13.4. The van der Waals surface area contributed by atoms with Crippen molar-refractivity contribution in [1.82, 2.24) is 14.2 Å². The standard InChI is InChI=1S/C29H24F3N3O5S/c30-29(31,32)23-17-24(34-33-23)40-28(20-11-5-2-6-12-20)35-27(37)26-21(13-7-14-22(26)41-35)38-16-8-15-25(36)39-18-19-9-3-1-4-10-19/h1-7,9-14,17,28H,8,15-16,18H2,(H,33,34). The molecule has 0 saturated heterocycles. The summed E-state index contributed by atoms with van der Waals surface area (Å²) in [5.74, 6) is -0.347. The SMILES string of the molecule is O=C(CCCOc1cccc2sn(C(Oc3cc(C(F)(F)F)[nH]n3)c3ccccc3)c(=O)c12)OCc1ccccc1. The number of H-pyrrole nitrogens is 1. The fourth-order valence-electron chi connectivity index (χ4n) is 4.03. The third kappa shape index (κ3) is 6.77. The molecule has 0 amide bonds. The van der Waals surface area contributed by atoms with Crippen molar-refractivity contribution < 1.29 is 32.2 Å². The maximum atomic E-state index is 13.6. The average molecular weight is 584 g/mol. The second-order valence-electron chi connectivity index (χ2n) is 8.95. The van der Waals surface area contributed by atoms with Gasteiger partial charge in [0.2, 0.25) is 12.1 Å². The highest BCUT2D eigenvalue weighted by atomic mass is 32.1. The van der Waals surface area contributed by atoms with E-state index in [0.29, 0.717) is 27.8 Å². The first-order chi connectivity index (χ1) is 19.8. The fraction of sp³-hybridized carbons (Fsp3) is 0.207. The third-order valence-electron chi connectivity index (χ3n) is 6.01. The van der Waals surface area contributed by atoms with Crippen molar-refractivity contribution in [3.8, 4) is 11.6 Å². The molecule has 0 spiro atoms. The summed E-state index contributed by atoms with van der Waals surface area (Å²) < 4.78 is 58.2. The van der Waals surface area contributed by atoms with Crippen molar-refractivity contribution in [3.05, 3.63) is 112 Å². The van der Waals surface area contributed by atoms with Crippen LogP contribution < -0.4 is 15.0 Å². The van der Waals surface area contributed by atoms with Gasteiger partial charge in [0, 0.05) is 18.1 Å². The van der Waals surface area contributed by atoms with Crippen molar-refractivity contribution >= 4 is 27.6 Å². The molecule has 1 atom stereocenters. The van der Waals surface area contributed by atoms with Crippen molar-refractivity contribution in [2.45, 2.75) is 31.9 Å². The van der Waals surface area contributed by atoms with Crippen LogP contribution in [-0.2, 0) is 22.3 Å². The van der Waals surface area contributed by atoms with Crippen LogP contribution in [0.25, 0.3) is 10.1 Å². The smallest absolute Gasteiger partial charge is 0.432 e. The van der Waals surface area contributed by atoms with Crippen LogP contribution in [0.15, 0.2) is 89.7 Å². The Morgan fingerprint density at radius 2 is 1.73 bits per heavy atom. The molecule has 0 bridgehead atoms. The number of ether oxygens (including phenoxy) is 3. The van der Waals surface area contributed by atoms with Gasteiger partial charge in [0.25, 0.3) is 5.56 Å². The lowest BCUT2D eigenvalue weighted by Crippen LogP contribution is -2.25. The largest absolute Gasteiger partial charge is 0.493 e. The van der Waals surface area contributed by atoms with Gasteiger partial charge in [-0.05, 0) is 24.1 Å². The summed E-state index contributed by atoms with van der Waals surface area (Å²) in [6, 6.07) is 23.8. The van der Waals surface area contributed by atoms with Crippen LogP contribution in [0, 0.1) is 0 Å². The molecule has 1 N–H and O–H groups in total. The van der Waals surface area contributed by atoms with Crippen LogP contribution in [0.5, 0.6) is 11.6 Å². The molecule has 0 aliphatic heterocycles. The van der Waals surface area contributed by atoms with Crippen LogP contribution in [0.2, 0.25) is 0 Å². The van der Waals surface area contributed by atoms with E-state index in [1.165, 1.54) is 3.96 Å². The van der Waals surface area contributed by atoms with Crippen molar-refractivity contribution in [2.24, 2.45) is 0 Å². The zero-order valence-corrected chi connectivity index (χ0v) is 22.3. The minimum atomic E-state index is -4.63. The number of rotatable bonds is 11. The Bertz CT molecular complexity index is 1670. The van der Waals surface area contributed by atoms with Crippen LogP contribution in [-0.4, -0.2) is 26.7 Å². The second kappa shape index (κ2) is 12.3. The van der Waals surface area contributed by atoms with E-state index in [1.807, 2.05) is 35.4 Å². The topological polar surface area (TPSA) is 95.4 Å². The molecule has 212 valence electrons. The van der Waals surface area contributed by atoms with Crippen LogP contribution >= 0.6 is 11.5 Å². The maximum Gasteiger partial charge on any atom is 0.432 e. The van der Waals surface area contributed by atoms with E-state index in [4.69, 9.17) is 14.2 Å². The molecule has 0 saturated carbocycles. The number of nitrogens with zero attached hydrogens (tertiary/aromatic N) is 2. The highest BCUT2D eigenvalue weighted by Crippen LogP contribution is 2.33. The van der Waals surface area contributed by atoms with Gasteiger partial charge >= 0.3 is 12.1 Å². The third-order valence-corrected chi connectivity index (χ3v) is 7.10. The van der Waals surface area contributed by atoms with Crippen LogP contribution in [0.3, 0.4) is 0 Å². The number of aromatic amines is 1. The molecule has 41 heavy (non-hydrogen) atoms. The average Bonchev–Trinajstić information content (AvgIpc) is 3.59. The monoisotopic (exact) mass is 583 g/mol. The van der Waals surface area contributed by atoms with Gasteiger partial charge in [-0.25, -0.2) is 3.96 Å². The highest BCUT2D eigenvalue weighted by molar-refractivity contribution is 7.14. The molecule has 2 heterocycles. The van der Waals surface area contributed by atoms with E-state index < -0.39 is 23.7 Å². The molecule has 0 radical (unpaired) electrons. The van der Waals surface area contributed by atoms with Gasteiger partial charge in [0.05, 0.1) is 11.3 Å². The van der Waals surface area contributed by atoms with Gasteiger partial charge in [0.15, 0.2) is 0 Å². The summed E-state index contributed by atoms with van der Waals surface area (Å²) in [4.78, 5) is 25.7. The number of fused-ring (bicyclic) bond motifs is 1. The number of carbonyl (C=O) groups is 1. The molecule has 1 unspecified atom stereocenters. The summed E-state index contributed by atoms with van der Waals surface area (Å²) in [5, 5.41) is 5.85. The number of hydrogen-bond acceptors (Lipinski definition) is 7. The van der Waals surface area contributed by atoms with Gasteiger partial charge < -0.3 is 14.2 Å². The van der Waals surface area contributed by atoms with Crippen molar-refractivity contribution in [3.63, 3.8) is 0 Å². The van der Waals surface area contributed by atoms with Gasteiger partial charge in [-0.15, -0.1) is 5.10 Å². The minimum Gasteiger partial charge on any atom is -0.493 e. The molecule has 8 nitrogen and oxygen atoms in total. The van der Waals surface area contributed by atoms with E-state index in [-0.39, 0.29) is 31.5 Å². The number of halogens is 3. The lowest BCUT2D eigenvalue weighted by atomic mass is 10.2. The number of carbonyl (C=O) groups excluding carboxylic acids is 1. The molecule has 5 aromatic rings. The van der Waals surface area contributed by atoms with Gasteiger partial charge in [-0.3, -0.25) is 14.7 Å². The molecule has 0 aliphatic carbocycles. The Hall–Kier alpha value is -4.58. The summed E-state index contributed by atoms with van der Waals surface area (Å²) in [7, 11) is 0. The van der Waals surface area contributed by atoms with Crippen molar-refractivity contribution in [1.29, 1.82) is 0 Å². The van der Waals surface area contributed by atoms with Gasteiger partial charge in [-0.2, -0.15) is 13.2 Å². The van der Waals surface area contributed by atoms with Crippen LogP contribution in [0.4, 0.5) is 13.2 Å². The number of hydrogen-bond donors (Lipinski definition) is 1. The van der Waals surface area contributed by atoms with Gasteiger partial charge in [0.1, 0.15) is 23.4 Å². The zero-order valence-electron chi connectivity index (χ0n) is 21.5. The second-order valence-corrected chi connectivity index (χ2v) is 9.96. The first kappa shape index (κ1) is 28.0. The molecule has 0 fully saturated rings. The lowest BCUT2D eigenvalue weighted by molar-refractivity contribution is -0.145. The lowest BCUT2D eigenvalue weighted by Gasteiger charge is -2.18. The first-order valence-electron chi connectivity index (χ1n) is 12.6. The minimum absolute atomic E-state index is 0.143. The quantitative estimate of drug-likeness (QED) is 0.144. The summed E-state index contributed by atoms with van der Waals surface area (Å²) in [6.45, 7) is 0.357. The normalized spacial score (nSPS) is 12.3. The molecular formula is C29H24F3N3O5S. The fourth-order valence-corrected chi connectivity index (χ4v) is 5.10. The number of nitrogens with one attached hydrogen (secondary N) is 1. The van der Waals surface area contributed by atoms with Crippen LogP contribution in [0.1, 0.15) is 35.9 Å². The Labute approximate surface area is 236 Å². The summed E-state index contributed by atoms with van der Waals surface area (Å²) in [5.41, 5.74) is -0.0801. The Morgan fingerprint density at radius 1 is 1.00 bits per heavy atom. The number of esters is 1. The Morgan fingerprint density at radius 3 is 2.44 bits per heavy atom. The predicted octanol–water partition coefficient (Wildman–Crippen LogP) is 6.33. The molecule has 3 aromatic carbocycles. The van der Waals surface area contributed by atoms with E-state index in [0.717, 1.165) is 23.2 Å². The van der Waals surface area contributed by atoms with E-state index in [1.54, 1.807) is 48.5 Å². The highest BCUT2D eigenvalue weighted by Gasteiger charge is 2.34. The molecule has 12 heteroatoms. The Kier molecular flexibility index (Phi) is 8.39. The van der Waals surface area contributed by atoms with E-state index in [9.17, 15) is 22.8 Å². The predicted molar refractivity (Wildman–Crippen MR) is 146 cm³/mol. The number of aromatic nitrogens is 3.